The van der Waals surface area contributed by atoms with Gasteiger partial charge in [-0.15, -0.1) is 0 Å². The highest BCUT2D eigenvalue weighted by Crippen LogP contribution is 2.39. The van der Waals surface area contributed by atoms with E-state index in [1.807, 2.05) is 25.1 Å². The second-order valence-electron chi connectivity index (χ2n) is 7.85. The first kappa shape index (κ1) is 26.8. The van der Waals surface area contributed by atoms with E-state index in [-0.39, 0.29) is 11.5 Å². The van der Waals surface area contributed by atoms with Gasteiger partial charge >= 0.3 is 5.97 Å². The number of rotatable bonds is 8. The summed E-state index contributed by atoms with van der Waals surface area (Å²) in [5.74, 6) is -0.0897. The minimum atomic E-state index is -1.01. The van der Waals surface area contributed by atoms with Gasteiger partial charge in [-0.25, -0.2) is 9.79 Å². The summed E-state index contributed by atoms with van der Waals surface area (Å²) < 4.78 is 12.2. The van der Waals surface area contributed by atoms with Gasteiger partial charge in [0, 0.05) is 16.0 Å². The maximum absolute atomic E-state index is 13.1. The molecule has 3 aromatic rings. The SMILES string of the molecule is CCN1C(=O)C(=Cc2cc(OC)c(OCc3ccc(Cl)cc3)cc2Br)SC1=Nc1ccc(C(=O)O)cc1. The van der Waals surface area contributed by atoms with E-state index in [2.05, 4.69) is 20.9 Å². The predicted molar refractivity (Wildman–Crippen MR) is 150 cm³/mol. The summed E-state index contributed by atoms with van der Waals surface area (Å²) in [6, 6.07) is 17.2. The quantitative estimate of drug-likeness (QED) is 0.279. The largest absolute Gasteiger partial charge is 0.493 e. The highest BCUT2D eigenvalue weighted by molar-refractivity contribution is 9.10. The highest BCUT2D eigenvalue weighted by Gasteiger charge is 2.32. The first-order chi connectivity index (χ1) is 17.8. The zero-order valence-electron chi connectivity index (χ0n) is 19.9. The van der Waals surface area contributed by atoms with Crippen molar-refractivity contribution in [3.63, 3.8) is 0 Å². The minimum absolute atomic E-state index is 0.165. The normalized spacial score (nSPS) is 15.5. The standard InChI is InChI=1S/C27H22BrClN2O5S/c1-3-31-25(32)24(37-27(31)30-20-10-6-17(7-11-20)26(33)34)13-18-12-22(35-2)23(14-21(18)28)36-15-16-4-8-19(29)9-5-16/h4-14H,3,15H2,1-2H3,(H,33,34). The number of carbonyl (C=O) groups excluding carboxylic acids is 1. The number of nitrogens with zero attached hydrogens (tertiary/aromatic N) is 2. The van der Waals surface area contributed by atoms with Crippen LogP contribution in [0.2, 0.25) is 5.02 Å². The molecule has 10 heteroatoms. The van der Waals surface area contributed by atoms with Gasteiger partial charge in [0.25, 0.3) is 5.91 Å². The summed E-state index contributed by atoms with van der Waals surface area (Å²) in [7, 11) is 1.56. The number of benzene rings is 3. The van der Waals surface area contributed by atoms with Crippen LogP contribution >= 0.6 is 39.3 Å². The number of likely N-dealkylation sites (N-methyl/N-ethyl adjacent to an activating group) is 1. The lowest BCUT2D eigenvalue weighted by Gasteiger charge is -2.13. The van der Waals surface area contributed by atoms with Crippen molar-refractivity contribution in [1.29, 1.82) is 0 Å². The van der Waals surface area contributed by atoms with Gasteiger partial charge in [-0.05, 0) is 84.4 Å². The third-order valence-electron chi connectivity index (χ3n) is 5.42. The van der Waals surface area contributed by atoms with E-state index < -0.39 is 5.97 Å². The average Bonchev–Trinajstić information content (AvgIpc) is 3.18. The van der Waals surface area contributed by atoms with Gasteiger partial charge in [-0.2, -0.15) is 0 Å². The van der Waals surface area contributed by atoms with Gasteiger partial charge in [0.2, 0.25) is 0 Å². The van der Waals surface area contributed by atoms with Gasteiger partial charge in [0.05, 0.1) is 23.3 Å². The third-order valence-corrected chi connectivity index (χ3v) is 7.37. The fourth-order valence-corrected chi connectivity index (χ4v) is 5.09. The molecule has 0 saturated carbocycles. The Morgan fingerprint density at radius 1 is 1.14 bits per heavy atom. The molecule has 3 aromatic carbocycles. The van der Waals surface area contributed by atoms with E-state index in [0.29, 0.717) is 45.4 Å². The van der Waals surface area contributed by atoms with Crippen molar-refractivity contribution in [2.45, 2.75) is 13.5 Å². The second kappa shape index (κ2) is 11.9. The molecule has 1 N–H and O–H groups in total. The fourth-order valence-electron chi connectivity index (χ4n) is 3.48. The number of halogens is 2. The van der Waals surface area contributed by atoms with Crippen LogP contribution in [0.25, 0.3) is 6.08 Å². The summed E-state index contributed by atoms with van der Waals surface area (Å²) in [6.07, 6.45) is 1.78. The lowest BCUT2D eigenvalue weighted by atomic mass is 10.1. The number of carboxylic acids is 1. The first-order valence-electron chi connectivity index (χ1n) is 11.2. The molecular weight excluding hydrogens is 580 g/mol. The zero-order valence-corrected chi connectivity index (χ0v) is 23.1. The Kier molecular flexibility index (Phi) is 8.58. The molecule has 0 atom stereocenters. The summed E-state index contributed by atoms with van der Waals surface area (Å²) in [5.41, 5.74) is 2.44. The number of aliphatic imine (C=N–C) groups is 1. The summed E-state index contributed by atoms with van der Waals surface area (Å²) in [4.78, 5) is 30.8. The van der Waals surface area contributed by atoms with Crippen LogP contribution in [0, 0.1) is 0 Å². The van der Waals surface area contributed by atoms with Crippen LogP contribution in [0.5, 0.6) is 11.5 Å². The number of carboxylic acid groups (broad SMARTS) is 1. The number of carbonyl (C=O) groups is 2. The molecule has 1 aliphatic heterocycles. The van der Waals surface area contributed by atoms with E-state index in [1.54, 1.807) is 48.4 Å². The predicted octanol–water partition coefficient (Wildman–Crippen LogP) is 7.01. The van der Waals surface area contributed by atoms with Crippen molar-refractivity contribution < 1.29 is 24.2 Å². The smallest absolute Gasteiger partial charge is 0.335 e. The Bertz CT molecular complexity index is 1390. The van der Waals surface area contributed by atoms with Crippen molar-refractivity contribution in [3.05, 3.63) is 91.8 Å². The Balaban J connectivity index is 1.57. The number of ether oxygens (including phenoxy) is 2. The molecule has 0 aliphatic carbocycles. The summed E-state index contributed by atoms with van der Waals surface area (Å²) in [5, 5.41) is 10.3. The van der Waals surface area contributed by atoms with Gasteiger partial charge < -0.3 is 14.6 Å². The third kappa shape index (κ3) is 6.36. The highest BCUT2D eigenvalue weighted by atomic mass is 79.9. The Morgan fingerprint density at radius 2 is 1.84 bits per heavy atom. The zero-order chi connectivity index (χ0) is 26.5. The molecule has 1 saturated heterocycles. The molecule has 4 rings (SSSR count). The van der Waals surface area contributed by atoms with E-state index in [0.717, 1.165) is 15.6 Å². The number of thioether (sulfide) groups is 1. The molecule has 190 valence electrons. The van der Waals surface area contributed by atoms with Crippen LogP contribution in [0.1, 0.15) is 28.4 Å². The Labute approximate surface area is 231 Å². The monoisotopic (exact) mass is 600 g/mol. The van der Waals surface area contributed by atoms with E-state index in [9.17, 15) is 9.59 Å². The van der Waals surface area contributed by atoms with Crippen LogP contribution in [0.4, 0.5) is 5.69 Å². The van der Waals surface area contributed by atoms with E-state index in [1.165, 1.54) is 23.9 Å². The average molecular weight is 602 g/mol. The summed E-state index contributed by atoms with van der Waals surface area (Å²) >= 11 is 10.8. The molecule has 0 bridgehead atoms. The topological polar surface area (TPSA) is 88.4 Å². The number of amides is 1. The molecule has 7 nitrogen and oxygen atoms in total. The maximum Gasteiger partial charge on any atom is 0.335 e. The van der Waals surface area contributed by atoms with Crippen LogP contribution < -0.4 is 9.47 Å². The van der Waals surface area contributed by atoms with Gasteiger partial charge in [0.15, 0.2) is 16.7 Å². The van der Waals surface area contributed by atoms with E-state index in [4.69, 9.17) is 26.2 Å². The lowest BCUT2D eigenvalue weighted by Crippen LogP contribution is -2.28. The number of methoxy groups -OCH3 is 1. The van der Waals surface area contributed by atoms with Crippen molar-refractivity contribution in [3.8, 4) is 11.5 Å². The van der Waals surface area contributed by atoms with Crippen LogP contribution in [-0.4, -0.2) is 40.7 Å². The lowest BCUT2D eigenvalue weighted by molar-refractivity contribution is -0.122. The molecular formula is C27H22BrClN2O5S. The minimum Gasteiger partial charge on any atom is -0.493 e. The van der Waals surface area contributed by atoms with Crippen LogP contribution in [-0.2, 0) is 11.4 Å². The summed E-state index contributed by atoms with van der Waals surface area (Å²) in [6.45, 7) is 2.65. The van der Waals surface area contributed by atoms with Crippen molar-refractivity contribution in [1.82, 2.24) is 4.90 Å². The number of hydrogen-bond donors (Lipinski definition) is 1. The number of amidine groups is 1. The molecule has 1 fully saturated rings. The molecule has 1 aliphatic rings. The number of hydrogen-bond acceptors (Lipinski definition) is 6. The molecule has 1 amide bonds. The van der Waals surface area contributed by atoms with Crippen molar-refractivity contribution in [2.24, 2.45) is 4.99 Å². The molecule has 1 heterocycles. The molecule has 0 spiro atoms. The van der Waals surface area contributed by atoms with Crippen LogP contribution in [0.3, 0.4) is 0 Å². The first-order valence-corrected chi connectivity index (χ1v) is 13.2. The van der Waals surface area contributed by atoms with Gasteiger partial charge in [-0.1, -0.05) is 39.7 Å². The van der Waals surface area contributed by atoms with E-state index >= 15 is 0 Å². The molecule has 0 unspecified atom stereocenters. The van der Waals surface area contributed by atoms with Gasteiger partial charge in [0.1, 0.15) is 6.61 Å². The molecule has 37 heavy (non-hydrogen) atoms. The Hall–Kier alpha value is -3.27. The van der Waals surface area contributed by atoms with Gasteiger partial charge in [-0.3, -0.25) is 9.69 Å². The Morgan fingerprint density at radius 3 is 2.46 bits per heavy atom. The second-order valence-corrected chi connectivity index (χ2v) is 10.1. The van der Waals surface area contributed by atoms with Crippen molar-refractivity contribution in [2.75, 3.05) is 13.7 Å². The number of aromatic carboxylic acids is 1. The fraction of sp³-hybridized carbons (Fsp3) is 0.148. The molecule has 0 radical (unpaired) electrons. The maximum atomic E-state index is 13.1. The van der Waals surface area contributed by atoms with Crippen molar-refractivity contribution >= 4 is 68.1 Å². The molecule has 0 aromatic heterocycles. The van der Waals surface area contributed by atoms with Crippen LogP contribution in [0.15, 0.2) is 75.0 Å².